The molecule has 0 aliphatic heterocycles. The minimum atomic E-state index is 0.112. The molecule has 0 spiro atoms. The van der Waals surface area contributed by atoms with Gasteiger partial charge < -0.3 is 5.73 Å². The van der Waals surface area contributed by atoms with Gasteiger partial charge in [-0.05, 0) is 48.0 Å². The van der Waals surface area contributed by atoms with Crippen LogP contribution in [0.5, 0.6) is 0 Å². The molecule has 0 aliphatic rings. The average Bonchev–Trinajstić information content (AvgIpc) is 2.83. The van der Waals surface area contributed by atoms with E-state index in [1.165, 1.54) is 10.4 Å². The van der Waals surface area contributed by atoms with Crippen LogP contribution in [0.4, 0.5) is 0 Å². The maximum atomic E-state index is 6.20. The number of rotatable bonds is 6. The van der Waals surface area contributed by atoms with Crippen LogP contribution in [0.15, 0.2) is 46.3 Å². The lowest BCUT2D eigenvalue weighted by molar-refractivity contribution is 0.225. The molecule has 0 aliphatic carbocycles. The average molecular weight is 353 g/mol. The predicted molar refractivity (Wildman–Crippen MR) is 91.2 cm³/mol. The van der Waals surface area contributed by atoms with Crippen LogP contribution in [-0.2, 0) is 6.42 Å². The molecule has 2 N–H and O–H groups in total. The van der Waals surface area contributed by atoms with Crippen molar-refractivity contribution in [3.05, 3.63) is 56.7 Å². The number of hydrogen-bond acceptors (Lipinski definition) is 3. The highest BCUT2D eigenvalue weighted by Crippen LogP contribution is 2.30. The number of benzene rings is 1. The molecule has 20 heavy (non-hydrogen) atoms. The van der Waals surface area contributed by atoms with Crippen molar-refractivity contribution in [3.63, 3.8) is 0 Å². The molecule has 0 amide bonds. The zero-order valence-corrected chi connectivity index (χ0v) is 14.3. The molecule has 2 atom stereocenters. The van der Waals surface area contributed by atoms with Gasteiger partial charge in [-0.15, -0.1) is 11.3 Å². The quantitative estimate of drug-likeness (QED) is 0.848. The van der Waals surface area contributed by atoms with E-state index in [0.717, 1.165) is 17.4 Å². The van der Waals surface area contributed by atoms with Crippen LogP contribution in [0.3, 0.4) is 0 Å². The third kappa shape index (κ3) is 4.16. The van der Waals surface area contributed by atoms with Crippen molar-refractivity contribution in [3.8, 4) is 0 Å². The van der Waals surface area contributed by atoms with Crippen molar-refractivity contribution in [2.45, 2.75) is 25.4 Å². The lowest BCUT2D eigenvalue weighted by Gasteiger charge is -2.30. The lowest BCUT2D eigenvalue weighted by Crippen LogP contribution is -2.37. The number of nitrogens with two attached hydrogens (primary N) is 1. The summed E-state index contributed by atoms with van der Waals surface area (Å²) in [5.41, 5.74) is 7.57. The Morgan fingerprint density at radius 2 is 2.00 bits per heavy atom. The summed E-state index contributed by atoms with van der Waals surface area (Å²) >= 11 is 5.29. The fraction of sp³-hybridized carbons (Fsp3) is 0.375. The largest absolute Gasteiger partial charge is 0.326 e. The Labute approximate surface area is 133 Å². The van der Waals surface area contributed by atoms with Gasteiger partial charge in [0.25, 0.3) is 0 Å². The monoisotopic (exact) mass is 352 g/mol. The fourth-order valence-electron chi connectivity index (χ4n) is 2.45. The lowest BCUT2D eigenvalue weighted by atomic mass is 10.1. The predicted octanol–water partition coefficient (Wildman–Crippen LogP) is 4.07. The van der Waals surface area contributed by atoms with Gasteiger partial charge in [-0.1, -0.05) is 30.3 Å². The highest BCUT2D eigenvalue weighted by Gasteiger charge is 2.22. The van der Waals surface area contributed by atoms with E-state index in [1.807, 2.05) is 0 Å². The number of nitrogens with zero attached hydrogens (tertiary/aromatic N) is 1. The van der Waals surface area contributed by atoms with Crippen molar-refractivity contribution < 1.29 is 0 Å². The molecule has 1 aromatic carbocycles. The smallest absolute Gasteiger partial charge is 0.0588 e. The zero-order chi connectivity index (χ0) is 14.5. The minimum absolute atomic E-state index is 0.112. The molecule has 0 saturated carbocycles. The molecule has 2 aromatic rings. The summed E-state index contributed by atoms with van der Waals surface area (Å²) in [6.45, 7) is 3.09. The summed E-state index contributed by atoms with van der Waals surface area (Å²) in [5.74, 6) is 0. The highest BCUT2D eigenvalue weighted by molar-refractivity contribution is 9.10. The molecule has 1 aromatic heterocycles. The third-order valence-corrected chi connectivity index (χ3v) is 5.21. The Morgan fingerprint density at radius 1 is 1.30 bits per heavy atom. The first-order chi connectivity index (χ1) is 9.58. The van der Waals surface area contributed by atoms with E-state index in [2.05, 4.69) is 76.6 Å². The van der Waals surface area contributed by atoms with Crippen LogP contribution < -0.4 is 5.73 Å². The van der Waals surface area contributed by atoms with Gasteiger partial charge in [-0.3, -0.25) is 4.90 Å². The second-order valence-corrected chi connectivity index (χ2v) is 7.05. The highest BCUT2D eigenvalue weighted by atomic mass is 79.9. The summed E-state index contributed by atoms with van der Waals surface area (Å²) in [6.07, 6.45) is 1.05. The van der Waals surface area contributed by atoms with Crippen LogP contribution in [-0.4, -0.2) is 24.5 Å². The van der Waals surface area contributed by atoms with Gasteiger partial charge in [0.15, 0.2) is 0 Å². The molecule has 0 bridgehead atoms. The maximum absolute atomic E-state index is 6.20. The first-order valence-electron chi connectivity index (χ1n) is 6.81. The Kier molecular flexibility index (Phi) is 5.78. The van der Waals surface area contributed by atoms with Crippen molar-refractivity contribution in [2.75, 3.05) is 13.6 Å². The molecule has 2 nitrogen and oxygen atoms in total. The van der Waals surface area contributed by atoms with Crippen LogP contribution in [0.25, 0.3) is 0 Å². The molecule has 2 unspecified atom stereocenters. The molecule has 0 fully saturated rings. The second kappa shape index (κ2) is 7.36. The molecule has 4 heteroatoms. The zero-order valence-electron chi connectivity index (χ0n) is 11.9. The fourth-order valence-corrected chi connectivity index (χ4v) is 4.17. The number of hydrogen-bond donors (Lipinski definition) is 1. The second-order valence-electron chi connectivity index (χ2n) is 5.19. The van der Waals surface area contributed by atoms with Crippen LogP contribution in [0.1, 0.15) is 23.4 Å². The van der Waals surface area contributed by atoms with Crippen molar-refractivity contribution >= 4 is 27.3 Å². The first kappa shape index (κ1) is 15.7. The molecule has 1 heterocycles. The summed E-state index contributed by atoms with van der Waals surface area (Å²) in [6, 6.07) is 13.2. The third-order valence-electron chi connectivity index (χ3n) is 3.45. The molecule has 2 rings (SSSR count). The van der Waals surface area contributed by atoms with Gasteiger partial charge in [0.1, 0.15) is 0 Å². The van der Waals surface area contributed by atoms with E-state index in [1.54, 1.807) is 11.3 Å². The standard InChI is InChI=1S/C16H21BrN2S/c1-12(18)16(15-10-14(17)11-20-15)19(2)9-8-13-6-4-3-5-7-13/h3-7,10-12,16H,8-9,18H2,1-2H3. The first-order valence-corrected chi connectivity index (χ1v) is 8.49. The van der Waals surface area contributed by atoms with Gasteiger partial charge in [-0.2, -0.15) is 0 Å². The van der Waals surface area contributed by atoms with Gasteiger partial charge in [0.2, 0.25) is 0 Å². The van der Waals surface area contributed by atoms with E-state index in [9.17, 15) is 0 Å². The Balaban J connectivity index is 2.02. The Morgan fingerprint density at radius 3 is 2.55 bits per heavy atom. The summed E-state index contributed by atoms with van der Waals surface area (Å²) in [4.78, 5) is 3.68. The topological polar surface area (TPSA) is 29.3 Å². The SMILES string of the molecule is CC(N)C(c1cc(Br)cs1)N(C)CCc1ccccc1. The van der Waals surface area contributed by atoms with E-state index < -0.39 is 0 Å². The van der Waals surface area contributed by atoms with Crippen LogP contribution in [0.2, 0.25) is 0 Å². The molecule has 108 valence electrons. The van der Waals surface area contributed by atoms with Crippen molar-refractivity contribution in [2.24, 2.45) is 5.73 Å². The van der Waals surface area contributed by atoms with Gasteiger partial charge >= 0.3 is 0 Å². The Bertz CT molecular complexity index is 524. The van der Waals surface area contributed by atoms with Crippen molar-refractivity contribution in [1.29, 1.82) is 0 Å². The van der Waals surface area contributed by atoms with E-state index in [-0.39, 0.29) is 12.1 Å². The number of likely N-dealkylation sites (N-methyl/N-ethyl adjacent to an activating group) is 1. The normalized spacial score (nSPS) is 14.4. The molecular weight excluding hydrogens is 332 g/mol. The molecule has 0 radical (unpaired) electrons. The van der Waals surface area contributed by atoms with Crippen molar-refractivity contribution in [1.82, 2.24) is 4.90 Å². The Hall–Kier alpha value is -0.680. The maximum Gasteiger partial charge on any atom is 0.0588 e. The van der Waals surface area contributed by atoms with Crippen LogP contribution >= 0.6 is 27.3 Å². The summed E-state index contributed by atoms with van der Waals surface area (Å²) in [5, 5.41) is 2.12. The van der Waals surface area contributed by atoms with E-state index in [4.69, 9.17) is 5.73 Å². The molecule has 0 saturated heterocycles. The van der Waals surface area contributed by atoms with E-state index >= 15 is 0 Å². The van der Waals surface area contributed by atoms with Gasteiger partial charge in [0, 0.05) is 27.3 Å². The summed E-state index contributed by atoms with van der Waals surface area (Å²) < 4.78 is 1.14. The number of halogens is 1. The van der Waals surface area contributed by atoms with Crippen LogP contribution in [0, 0.1) is 0 Å². The summed E-state index contributed by atoms with van der Waals surface area (Å²) in [7, 11) is 2.16. The van der Waals surface area contributed by atoms with E-state index in [0.29, 0.717) is 0 Å². The van der Waals surface area contributed by atoms with Gasteiger partial charge in [-0.25, -0.2) is 0 Å². The van der Waals surface area contributed by atoms with Gasteiger partial charge in [0.05, 0.1) is 6.04 Å². The minimum Gasteiger partial charge on any atom is -0.326 e. The molecular formula is C16H21BrN2S. The number of thiophene rings is 1.